The third kappa shape index (κ3) is 3.41. The smallest absolute Gasteiger partial charge is 0.231 e. The average molecular weight is 460 g/mol. The van der Waals surface area contributed by atoms with Gasteiger partial charge < -0.3 is 10.1 Å². The van der Waals surface area contributed by atoms with E-state index < -0.39 is 17.9 Å². The summed E-state index contributed by atoms with van der Waals surface area (Å²) in [5, 5.41) is 14.6. The van der Waals surface area contributed by atoms with E-state index in [1.54, 1.807) is 42.2 Å². The number of fused-ring (bicyclic) bond motifs is 2. The maximum atomic E-state index is 15.4. The van der Waals surface area contributed by atoms with Crippen LogP contribution in [0.15, 0.2) is 30.6 Å². The summed E-state index contributed by atoms with van der Waals surface area (Å²) >= 11 is 6.52. The standard InChI is InChI=1S/C22H20ClF2N5O2/c1-10(9-32-2)17-20(25)19(23)18(14-8-26-28-21(14)17)11-3-4-30-12(5-11)6-16(29-30)27-22(31)13-7-15(13)24/h3-6,8,10,13,15H,7,9H2,1-2H3,(H,26,28)(H,27,29,31)/t10-,13?,15?/m0/s1. The molecular formula is C22H20ClF2N5O2. The highest BCUT2D eigenvalue weighted by Gasteiger charge is 2.43. The van der Waals surface area contributed by atoms with Crippen molar-refractivity contribution in [2.24, 2.45) is 5.92 Å². The highest BCUT2D eigenvalue weighted by atomic mass is 35.5. The van der Waals surface area contributed by atoms with Crippen LogP contribution in [0.1, 0.15) is 24.8 Å². The zero-order valence-corrected chi connectivity index (χ0v) is 18.1. The summed E-state index contributed by atoms with van der Waals surface area (Å²) in [6.45, 7) is 2.19. The van der Waals surface area contributed by atoms with Gasteiger partial charge in [-0.05, 0) is 24.1 Å². The minimum Gasteiger partial charge on any atom is -0.384 e. The second kappa shape index (κ2) is 7.83. The van der Waals surface area contributed by atoms with Gasteiger partial charge in [-0.15, -0.1) is 0 Å². The molecule has 0 radical (unpaired) electrons. The van der Waals surface area contributed by atoms with Crippen molar-refractivity contribution in [3.63, 3.8) is 0 Å². The average Bonchev–Trinajstić information content (AvgIpc) is 3.12. The van der Waals surface area contributed by atoms with Crippen molar-refractivity contribution < 1.29 is 18.3 Å². The zero-order chi connectivity index (χ0) is 22.6. The van der Waals surface area contributed by atoms with Crippen LogP contribution in [-0.4, -0.2) is 45.6 Å². The summed E-state index contributed by atoms with van der Waals surface area (Å²) in [5.41, 5.74) is 2.83. The largest absolute Gasteiger partial charge is 0.384 e. The number of aromatic amines is 1. The number of pyridine rings is 1. The fourth-order valence-corrected chi connectivity index (χ4v) is 4.39. The Morgan fingerprint density at radius 3 is 2.97 bits per heavy atom. The van der Waals surface area contributed by atoms with Gasteiger partial charge in [0.2, 0.25) is 5.91 Å². The summed E-state index contributed by atoms with van der Waals surface area (Å²) in [5.74, 6) is -1.42. The van der Waals surface area contributed by atoms with Gasteiger partial charge in [0, 0.05) is 41.8 Å². The lowest BCUT2D eigenvalue weighted by atomic mass is 9.93. The number of anilines is 1. The third-order valence-corrected chi connectivity index (χ3v) is 6.14. The van der Waals surface area contributed by atoms with Crippen LogP contribution in [0.2, 0.25) is 5.02 Å². The number of amides is 1. The van der Waals surface area contributed by atoms with Crippen LogP contribution >= 0.6 is 11.6 Å². The first-order valence-electron chi connectivity index (χ1n) is 10.2. The number of methoxy groups -OCH3 is 1. The summed E-state index contributed by atoms with van der Waals surface area (Å²) < 4.78 is 35.3. The van der Waals surface area contributed by atoms with E-state index >= 15 is 4.39 Å². The van der Waals surface area contributed by atoms with Crippen LogP contribution in [0.25, 0.3) is 27.5 Å². The van der Waals surface area contributed by atoms with E-state index in [9.17, 15) is 9.18 Å². The zero-order valence-electron chi connectivity index (χ0n) is 17.3. The third-order valence-electron chi connectivity index (χ3n) is 5.79. The molecule has 3 heterocycles. The Labute approximate surface area is 186 Å². The quantitative estimate of drug-likeness (QED) is 0.437. The molecule has 0 spiro atoms. The van der Waals surface area contributed by atoms with Gasteiger partial charge in [0.1, 0.15) is 12.0 Å². The first kappa shape index (κ1) is 20.8. The molecule has 2 N–H and O–H groups in total. The maximum Gasteiger partial charge on any atom is 0.231 e. The minimum atomic E-state index is -1.08. The van der Waals surface area contributed by atoms with Gasteiger partial charge in [0.25, 0.3) is 0 Å². The number of hydrogen-bond acceptors (Lipinski definition) is 4. The van der Waals surface area contributed by atoms with E-state index in [0.29, 0.717) is 45.5 Å². The number of H-pyrrole nitrogens is 1. The van der Waals surface area contributed by atoms with E-state index in [1.807, 2.05) is 6.92 Å². The molecule has 3 aromatic heterocycles. The molecular weight excluding hydrogens is 440 g/mol. The Morgan fingerprint density at radius 2 is 2.25 bits per heavy atom. The van der Waals surface area contributed by atoms with Crippen LogP contribution in [0.3, 0.4) is 0 Å². The van der Waals surface area contributed by atoms with Gasteiger partial charge >= 0.3 is 0 Å². The molecule has 1 fully saturated rings. The Bertz CT molecular complexity index is 1350. The second-order valence-corrected chi connectivity index (χ2v) is 8.47. The topological polar surface area (TPSA) is 84.3 Å². The molecule has 5 rings (SSSR count). The summed E-state index contributed by atoms with van der Waals surface area (Å²) in [6.07, 6.45) is 2.47. The van der Waals surface area contributed by atoms with Crippen LogP contribution in [0, 0.1) is 11.7 Å². The fraction of sp³-hybridized carbons (Fsp3) is 0.318. The van der Waals surface area contributed by atoms with E-state index in [2.05, 4.69) is 20.6 Å². The number of alkyl halides is 1. The van der Waals surface area contributed by atoms with Crippen LogP contribution in [-0.2, 0) is 9.53 Å². The Morgan fingerprint density at radius 1 is 1.47 bits per heavy atom. The van der Waals surface area contributed by atoms with E-state index in [4.69, 9.17) is 16.3 Å². The molecule has 0 bridgehead atoms. The van der Waals surface area contributed by atoms with Crippen LogP contribution < -0.4 is 5.32 Å². The number of halogens is 3. The number of carbonyl (C=O) groups is 1. The summed E-state index contributed by atoms with van der Waals surface area (Å²) in [6, 6.07) is 5.22. The highest BCUT2D eigenvalue weighted by Crippen LogP contribution is 2.41. The lowest BCUT2D eigenvalue weighted by Gasteiger charge is -2.17. The van der Waals surface area contributed by atoms with Crippen molar-refractivity contribution in [2.75, 3.05) is 19.0 Å². The molecule has 2 unspecified atom stereocenters. The van der Waals surface area contributed by atoms with Crippen molar-refractivity contribution in [3.8, 4) is 11.1 Å². The number of aromatic nitrogens is 4. The SMILES string of the molecule is COC[C@H](C)c1c(F)c(Cl)c(-c2ccn3nc(NC(=O)C4CC4F)cc3c2)c2cn[nH]c12. The van der Waals surface area contributed by atoms with Gasteiger partial charge in [-0.2, -0.15) is 10.2 Å². The molecule has 1 aliphatic carbocycles. The Kier molecular flexibility index (Phi) is 5.10. The highest BCUT2D eigenvalue weighted by molar-refractivity contribution is 6.35. The first-order chi connectivity index (χ1) is 15.4. The number of rotatable bonds is 6. The molecule has 10 heteroatoms. The molecule has 1 amide bonds. The Balaban J connectivity index is 1.57. The molecule has 1 saturated carbocycles. The Hall–Kier alpha value is -3.04. The van der Waals surface area contributed by atoms with Crippen molar-refractivity contribution in [3.05, 3.63) is 47.0 Å². The van der Waals surface area contributed by atoms with Gasteiger partial charge in [0.05, 0.1) is 34.8 Å². The number of hydrogen-bond donors (Lipinski definition) is 2. The minimum absolute atomic E-state index is 0.00281. The number of benzene rings is 1. The van der Waals surface area contributed by atoms with Crippen molar-refractivity contribution in [2.45, 2.75) is 25.4 Å². The van der Waals surface area contributed by atoms with Crippen molar-refractivity contribution in [1.82, 2.24) is 19.8 Å². The summed E-state index contributed by atoms with van der Waals surface area (Å²) in [7, 11) is 1.56. The van der Waals surface area contributed by atoms with Crippen molar-refractivity contribution in [1.29, 1.82) is 0 Å². The van der Waals surface area contributed by atoms with E-state index in [1.165, 1.54) is 0 Å². The van der Waals surface area contributed by atoms with Gasteiger partial charge in [-0.25, -0.2) is 13.3 Å². The number of carbonyl (C=O) groups excluding carboxylic acids is 1. The monoisotopic (exact) mass is 459 g/mol. The molecule has 1 aromatic carbocycles. The number of nitrogens with one attached hydrogen (secondary N) is 2. The van der Waals surface area contributed by atoms with E-state index in [0.717, 1.165) is 0 Å². The number of nitrogens with zero attached hydrogens (tertiary/aromatic N) is 3. The molecule has 32 heavy (non-hydrogen) atoms. The predicted molar refractivity (Wildman–Crippen MR) is 117 cm³/mol. The normalized spacial score (nSPS) is 18.9. The fourth-order valence-electron chi connectivity index (χ4n) is 4.08. The van der Waals surface area contributed by atoms with Crippen molar-refractivity contribution >= 4 is 39.7 Å². The maximum absolute atomic E-state index is 15.4. The molecule has 0 saturated heterocycles. The van der Waals surface area contributed by atoms with Crippen LogP contribution in [0.4, 0.5) is 14.6 Å². The molecule has 1 aliphatic rings. The summed E-state index contributed by atoms with van der Waals surface area (Å²) in [4.78, 5) is 12.0. The first-order valence-corrected chi connectivity index (χ1v) is 10.5. The van der Waals surface area contributed by atoms with E-state index in [-0.39, 0.29) is 23.3 Å². The molecule has 7 nitrogen and oxygen atoms in total. The van der Waals surface area contributed by atoms with Gasteiger partial charge in [-0.3, -0.25) is 9.89 Å². The van der Waals surface area contributed by atoms with Crippen LogP contribution in [0.5, 0.6) is 0 Å². The lowest BCUT2D eigenvalue weighted by Crippen LogP contribution is -2.15. The lowest BCUT2D eigenvalue weighted by molar-refractivity contribution is -0.117. The van der Waals surface area contributed by atoms with Gasteiger partial charge in [-0.1, -0.05) is 18.5 Å². The predicted octanol–water partition coefficient (Wildman–Crippen LogP) is 4.72. The molecule has 3 atom stereocenters. The molecule has 4 aromatic rings. The molecule has 0 aliphatic heterocycles. The molecule has 166 valence electrons. The van der Waals surface area contributed by atoms with Gasteiger partial charge in [0.15, 0.2) is 5.82 Å². The second-order valence-electron chi connectivity index (χ2n) is 8.09. The number of ether oxygens (including phenoxy) is 1.